The second-order valence-electron chi connectivity index (χ2n) is 4.73. The fourth-order valence-corrected chi connectivity index (χ4v) is 2.94. The maximum atomic E-state index is 5.66. The van der Waals surface area contributed by atoms with Crippen LogP contribution in [0.15, 0.2) is 29.9 Å². The quantitative estimate of drug-likeness (QED) is 0.576. The number of aryl methyl sites for hydroxylation is 2. The Morgan fingerprint density at radius 1 is 1.53 bits per heavy atom. The Kier molecular flexibility index (Phi) is 5.57. The molecule has 0 saturated carbocycles. The number of hydrogen-bond acceptors (Lipinski definition) is 4. The van der Waals surface area contributed by atoms with Crippen LogP contribution in [0, 0.1) is 0 Å². The molecular weight excluding hydrogens is 256 g/mol. The highest BCUT2D eigenvalue weighted by Gasteiger charge is 2.11. The van der Waals surface area contributed by atoms with Crippen LogP contribution >= 0.6 is 11.3 Å². The third kappa shape index (κ3) is 4.16. The van der Waals surface area contributed by atoms with Gasteiger partial charge in [-0.2, -0.15) is 5.10 Å². The van der Waals surface area contributed by atoms with Gasteiger partial charge in [0, 0.05) is 29.2 Å². The van der Waals surface area contributed by atoms with Crippen LogP contribution in [0.25, 0.3) is 0 Å². The third-order valence-electron chi connectivity index (χ3n) is 3.21. The van der Waals surface area contributed by atoms with E-state index >= 15 is 0 Å². The first-order chi connectivity index (χ1) is 9.33. The van der Waals surface area contributed by atoms with Crippen molar-refractivity contribution in [2.45, 2.75) is 45.2 Å². The van der Waals surface area contributed by atoms with Crippen LogP contribution in [-0.2, 0) is 13.0 Å². The predicted octanol–water partition coefficient (Wildman–Crippen LogP) is 2.88. The number of rotatable bonds is 8. The summed E-state index contributed by atoms with van der Waals surface area (Å²) in [6.45, 7) is 3.12. The molecule has 0 saturated heterocycles. The Balaban J connectivity index is 1.84. The summed E-state index contributed by atoms with van der Waals surface area (Å²) in [6.07, 6.45) is 8.41. The standard InChI is InChI=1S/C14H22N4S/c1-2-8-18-11-12(10-16-18)14(17-15)7-3-5-13-6-4-9-19-13/h4,6,9-11,14,17H,2-3,5,7-8,15H2,1H3. The molecule has 0 aliphatic rings. The monoisotopic (exact) mass is 278 g/mol. The van der Waals surface area contributed by atoms with E-state index in [0.29, 0.717) is 0 Å². The summed E-state index contributed by atoms with van der Waals surface area (Å²) in [5.41, 5.74) is 4.09. The van der Waals surface area contributed by atoms with Crippen molar-refractivity contribution in [1.82, 2.24) is 15.2 Å². The summed E-state index contributed by atoms with van der Waals surface area (Å²) in [6, 6.07) is 4.49. The third-order valence-corrected chi connectivity index (χ3v) is 4.14. The van der Waals surface area contributed by atoms with Gasteiger partial charge in [0.25, 0.3) is 0 Å². The lowest BCUT2D eigenvalue weighted by molar-refractivity contribution is 0.498. The largest absolute Gasteiger partial charge is 0.272 e. The molecule has 0 aliphatic carbocycles. The summed E-state index contributed by atoms with van der Waals surface area (Å²) in [4.78, 5) is 1.44. The molecule has 19 heavy (non-hydrogen) atoms. The zero-order valence-corrected chi connectivity index (χ0v) is 12.2. The zero-order chi connectivity index (χ0) is 13.5. The van der Waals surface area contributed by atoms with Gasteiger partial charge in [0.05, 0.1) is 6.20 Å². The van der Waals surface area contributed by atoms with Crippen LogP contribution < -0.4 is 11.3 Å². The number of nitrogens with one attached hydrogen (secondary N) is 1. The Morgan fingerprint density at radius 3 is 3.11 bits per heavy atom. The summed E-state index contributed by atoms with van der Waals surface area (Å²) >= 11 is 1.82. The fraction of sp³-hybridized carbons (Fsp3) is 0.500. The first-order valence-electron chi connectivity index (χ1n) is 6.84. The molecule has 2 aromatic rings. The molecule has 2 aromatic heterocycles. The van der Waals surface area contributed by atoms with Crippen LogP contribution in [-0.4, -0.2) is 9.78 Å². The molecule has 5 heteroatoms. The van der Waals surface area contributed by atoms with Crippen molar-refractivity contribution in [2.24, 2.45) is 5.84 Å². The van der Waals surface area contributed by atoms with Crippen LogP contribution in [0.5, 0.6) is 0 Å². The minimum Gasteiger partial charge on any atom is -0.272 e. The van der Waals surface area contributed by atoms with Crippen molar-refractivity contribution in [3.8, 4) is 0 Å². The summed E-state index contributed by atoms with van der Waals surface area (Å²) < 4.78 is 1.99. The molecule has 0 aliphatic heterocycles. The number of nitrogens with two attached hydrogens (primary N) is 1. The van der Waals surface area contributed by atoms with E-state index in [0.717, 1.165) is 32.2 Å². The molecule has 0 aromatic carbocycles. The lowest BCUT2D eigenvalue weighted by atomic mass is 10.0. The highest BCUT2D eigenvalue weighted by atomic mass is 32.1. The average molecular weight is 278 g/mol. The van der Waals surface area contributed by atoms with Gasteiger partial charge in [0.1, 0.15) is 0 Å². The topological polar surface area (TPSA) is 55.9 Å². The lowest BCUT2D eigenvalue weighted by Gasteiger charge is -2.13. The molecule has 3 N–H and O–H groups in total. The SMILES string of the molecule is CCCn1cc(C(CCCc2cccs2)NN)cn1. The van der Waals surface area contributed by atoms with Crippen molar-refractivity contribution in [1.29, 1.82) is 0 Å². The molecule has 1 unspecified atom stereocenters. The second kappa shape index (κ2) is 7.43. The van der Waals surface area contributed by atoms with Crippen molar-refractivity contribution >= 4 is 11.3 Å². The van der Waals surface area contributed by atoms with Gasteiger partial charge in [0.2, 0.25) is 0 Å². The van der Waals surface area contributed by atoms with Gasteiger partial charge >= 0.3 is 0 Å². The Bertz CT molecular complexity index is 464. The molecular formula is C14H22N4S. The molecule has 0 amide bonds. The molecule has 0 bridgehead atoms. The van der Waals surface area contributed by atoms with E-state index < -0.39 is 0 Å². The van der Waals surface area contributed by atoms with Gasteiger partial charge in [-0.25, -0.2) is 0 Å². The average Bonchev–Trinajstić information content (AvgIpc) is 3.06. The van der Waals surface area contributed by atoms with Gasteiger partial charge in [-0.15, -0.1) is 11.3 Å². The second-order valence-corrected chi connectivity index (χ2v) is 5.76. The molecule has 0 radical (unpaired) electrons. The molecule has 2 rings (SSSR count). The van der Waals surface area contributed by atoms with E-state index in [1.807, 2.05) is 22.2 Å². The van der Waals surface area contributed by atoms with Gasteiger partial charge in [-0.1, -0.05) is 13.0 Å². The fourth-order valence-electron chi connectivity index (χ4n) is 2.19. The minimum absolute atomic E-state index is 0.200. The maximum Gasteiger partial charge on any atom is 0.0538 e. The number of aromatic nitrogens is 2. The number of hydrogen-bond donors (Lipinski definition) is 2. The highest BCUT2D eigenvalue weighted by Crippen LogP contribution is 2.20. The number of nitrogens with zero attached hydrogens (tertiary/aromatic N) is 2. The first kappa shape index (κ1) is 14.2. The summed E-state index contributed by atoms with van der Waals surface area (Å²) in [7, 11) is 0. The lowest BCUT2D eigenvalue weighted by Crippen LogP contribution is -2.27. The highest BCUT2D eigenvalue weighted by molar-refractivity contribution is 7.09. The van der Waals surface area contributed by atoms with E-state index in [9.17, 15) is 0 Å². The van der Waals surface area contributed by atoms with Crippen LogP contribution in [0.3, 0.4) is 0 Å². The Morgan fingerprint density at radius 2 is 2.42 bits per heavy atom. The normalized spacial score (nSPS) is 12.7. The molecule has 2 heterocycles. The molecule has 104 valence electrons. The van der Waals surface area contributed by atoms with E-state index in [4.69, 9.17) is 5.84 Å². The molecule has 1 atom stereocenters. The summed E-state index contributed by atoms with van der Waals surface area (Å²) in [5, 5.41) is 6.48. The Labute approximate surface area is 118 Å². The van der Waals surface area contributed by atoms with Crippen molar-refractivity contribution in [3.63, 3.8) is 0 Å². The van der Waals surface area contributed by atoms with Crippen LogP contribution in [0.1, 0.15) is 42.7 Å². The van der Waals surface area contributed by atoms with Gasteiger partial charge in [0.15, 0.2) is 0 Å². The van der Waals surface area contributed by atoms with Crippen molar-refractivity contribution in [3.05, 3.63) is 40.3 Å². The number of hydrazine groups is 1. The smallest absolute Gasteiger partial charge is 0.0538 e. The molecule has 0 fully saturated rings. The van der Waals surface area contributed by atoms with Crippen LogP contribution in [0.4, 0.5) is 0 Å². The van der Waals surface area contributed by atoms with Crippen LogP contribution in [0.2, 0.25) is 0 Å². The predicted molar refractivity (Wildman–Crippen MR) is 79.8 cm³/mol. The molecule has 0 spiro atoms. The van der Waals surface area contributed by atoms with Gasteiger partial charge < -0.3 is 0 Å². The number of thiophene rings is 1. The molecule has 4 nitrogen and oxygen atoms in total. The summed E-state index contributed by atoms with van der Waals surface area (Å²) in [5.74, 6) is 5.66. The maximum absolute atomic E-state index is 5.66. The van der Waals surface area contributed by atoms with E-state index in [1.54, 1.807) is 0 Å². The van der Waals surface area contributed by atoms with Gasteiger partial charge in [-0.3, -0.25) is 16.0 Å². The van der Waals surface area contributed by atoms with Gasteiger partial charge in [-0.05, 0) is 37.1 Å². The minimum atomic E-state index is 0.200. The zero-order valence-electron chi connectivity index (χ0n) is 11.4. The van der Waals surface area contributed by atoms with Crippen molar-refractivity contribution < 1.29 is 0 Å². The van der Waals surface area contributed by atoms with E-state index in [2.05, 4.69) is 41.2 Å². The first-order valence-corrected chi connectivity index (χ1v) is 7.72. The van der Waals surface area contributed by atoms with Crippen molar-refractivity contribution in [2.75, 3.05) is 0 Å². The van der Waals surface area contributed by atoms with E-state index in [-0.39, 0.29) is 6.04 Å². The Hall–Kier alpha value is -1.17. The van der Waals surface area contributed by atoms with E-state index in [1.165, 1.54) is 10.4 Å².